The van der Waals surface area contributed by atoms with Crippen molar-refractivity contribution >= 4 is 31.7 Å². The molecular weight excluding hydrogens is 376 g/mol. The van der Waals surface area contributed by atoms with E-state index in [0.717, 1.165) is 15.7 Å². The lowest BCUT2D eigenvalue weighted by molar-refractivity contribution is 0.583. The summed E-state index contributed by atoms with van der Waals surface area (Å²) in [6.45, 7) is 4.14. The molecule has 2 aromatic carbocycles. The van der Waals surface area contributed by atoms with E-state index in [-0.39, 0.29) is 4.90 Å². The largest absolute Gasteiger partial charge is 0.276 e. The summed E-state index contributed by atoms with van der Waals surface area (Å²) >= 11 is 3.29. The zero-order valence-electron chi connectivity index (χ0n) is 13.0. The van der Waals surface area contributed by atoms with E-state index in [0.29, 0.717) is 12.3 Å². The van der Waals surface area contributed by atoms with Gasteiger partial charge in [-0.25, -0.2) is 0 Å². The molecule has 0 aliphatic carbocycles. The molecule has 0 aliphatic heterocycles. The molecule has 0 aromatic heterocycles. The first kappa shape index (κ1) is 17.7. The molecule has 6 heteroatoms. The molecule has 0 spiro atoms. The highest BCUT2D eigenvalue weighted by atomic mass is 79.9. The average molecular weight is 395 g/mol. The van der Waals surface area contributed by atoms with Crippen molar-refractivity contribution < 1.29 is 8.42 Å². The number of hydrogen-bond donors (Lipinski definition) is 1. The summed E-state index contributed by atoms with van der Waals surface area (Å²) in [4.78, 5) is 2.53. The molecule has 0 fully saturated rings. The van der Waals surface area contributed by atoms with Crippen molar-refractivity contribution in [2.45, 2.75) is 25.2 Å². The minimum atomic E-state index is -3.67. The molecule has 0 unspecified atom stereocenters. The van der Waals surface area contributed by atoms with E-state index < -0.39 is 10.0 Å². The first-order chi connectivity index (χ1) is 10.9. The quantitative estimate of drug-likeness (QED) is 0.589. The van der Waals surface area contributed by atoms with Gasteiger partial charge >= 0.3 is 0 Å². The van der Waals surface area contributed by atoms with Gasteiger partial charge in [-0.3, -0.25) is 0 Å². The van der Waals surface area contributed by atoms with Crippen LogP contribution in [0.4, 0.5) is 0 Å². The molecule has 0 aliphatic rings. The van der Waals surface area contributed by atoms with E-state index in [4.69, 9.17) is 0 Å². The zero-order chi connectivity index (χ0) is 16.9. The highest BCUT2D eigenvalue weighted by Gasteiger charge is 2.14. The third-order valence-electron chi connectivity index (χ3n) is 3.13. The molecule has 2 aromatic rings. The summed E-state index contributed by atoms with van der Waals surface area (Å²) in [7, 11) is -3.67. The van der Waals surface area contributed by atoms with Crippen LogP contribution in [0.5, 0.6) is 0 Å². The summed E-state index contributed by atoms with van der Waals surface area (Å²) in [5.41, 5.74) is 1.64. The molecule has 0 atom stereocenters. The van der Waals surface area contributed by atoms with Crippen LogP contribution >= 0.6 is 15.9 Å². The van der Waals surface area contributed by atoms with Gasteiger partial charge in [0.1, 0.15) is 0 Å². The Labute approximate surface area is 145 Å². The number of hydrazone groups is 1. The van der Waals surface area contributed by atoms with Crippen LogP contribution in [0.1, 0.15) is 25.8 Å². The van der Waals surface area contributed by atoms with Gasteiger partial charge in [0.25, 0.3) is 10.0 Å². The highest BCUT2D eigenvalue weighted by molar-refractivity contribution is 9.10. The van der Waals surface area contributed by atoms with Gasteiger partial charge in [0.05, 0.1) is 10.6 Å². The van der Waals surface area contributed by atoms with Gasteiger partial charge in [-0.15, -0.1) is 0 Å². The van der Waals surface area contributed by atoms with Crippen LogP contribution < -0.4 is 4.83 Å². The van der Waals surface area contributed by atoms with Gasteiger partial charge < -0.3 is 0 Å². The second-order valence-electron chi connectivity index (χ2n) is 5.57. The molecule has 0 bridgehead atoms. The Balaban J connectivity index is 2.27. The Morgan fingerprint density at radius 2 is 1.70 bits per heavy atom. The summed E-state index contributed by atoms with van der Waals surface area (Å²) in [5.74, 6) is 0.367. The Kier molecular flexibility index (Phi) is 5.96. The van der Waals surface area contributed by atoms with E-state index in [9.17, 15) is 8.42 Å². The van der Waals surface area contributed by atoms with Crippen molar-refractivity contribution in [3.05, 3.63) is 64.6 Å². The number of nitrogens with one attached hydrogen (secondary N) is 1. The van der Waals surface area contributed by atoms with Crippen LogP contribution in [-0.4, -0.2) is 14.1 Å². The lowest BCUT2D eigenvalue weighted by Gasteiger charge is -2.11. The second-order valence-corrected chi connectivity index (χ2v) is 8.15. The lowest BCUT2D eigenvalue weighted by Crippen LogP contribution is -2.21. The van der Waals surface area contributed by atoms with Gasteiger partial charge in [0.15, 0.2) is 0 Å². The van der Waals surface area contributed by atoms with Crippen molar-refractivity contribution in [2.24, 2.45) is 11.0 Å². The van der Waals surface area contributed by atoms with Gasteiger partial charge in [0.2, 0.25) is 0 Å². The van der Waals surface area contributed by atoms with Crippen LogP contribution in [0.3, 0.4) is 0 Å². The fraction of sp³-hybridized carbons (Fsp3) is 0.235. The molecule has 0 radical (unpaired) electrons. The summed E-state index contributed by atoms with van der Waals surface area (Å²) in [6.07, 6.45) is 0.687. The monoisotopic (exact) mass is 394 g/mol. The van der Waals surface area contributed by atoms with Crippen molar-refractivity contribution in [3.8, 4) is 0 Å². The number of nitrogens with zero attached hydrogens (tertiary/aromatic N) is 1. The summed E-state index contributed by atoms with van der Waals surface area (Å²) in [6, 6.07) is 16.0. The van der Waals surface area contributed by atoms with Gasteiger partial charge in [0, 0.05) is 4.47 Å². The van der Waals surface area contributed by atoms with E-state index in [2.05, 4.69) is 39.7 Å². The molecule has 0 amide bonds. The zero-order valence-corrected chi connectivity index (χ0v) is 15.4. The Bertz CT molecular complexity index is 770. The number of rotatable bonds is 6. The van der Waals surface area contributed by atoms with Gasteiger partial charge in [-0.2, -0.15) is 18.4 Å². The molecule has 23 heavy (non-hydrogen) atoms. The first-order valence-electron chi connectivity index (χ1n) is 7.28. The third-order valence-corrected chi connectivity index (χ3v) is 4.89. The molecule has 1 N–H and O–H groups in total. The third kappa shape index (κ3) is 5.18. The number of benzene rings is 2. The van der Waals surface area contributed by atoms with E-state index in [1.54, 1.807) is 12.1 Å². The molecule has 122 valence electrons. The minimum absolute atomic E-state index is 0.182. The predicted molar refractivity (Wildman–Crippen MR) is 96.9 cm³/mol. The maximum Gasteiger partial charge on any atom is 0.276 e. The maximum absolute atomic E-state index is 12.3. The highest BCUT2D eigenvalue weighted by Crippen LogP contribution is 2.15. The normalized spacial score (nSPS) is 12.4. The van der Waals surface area contributed by atoms with Crippen molar-refractivity contribution in [2.75, 3.05) is 0 Å². The van der Waals surface area contributed by atoms with Gasteiger partial charge in [-0.05, 0) is 42.2 Å². The first-order valence-corrected chi connectivity index (χ1v) is 9.55. The standard InChI is InChI=1S/C17H19BrN2O2S/c1-13(2)12-17(14-6-4-3-5-7-14)19-20-23(21,22)16-10-8-15(18)9-11-16/h3-11,13,20H,12H2,1-2H3/b19-17-. The van der Waals surface area contributed by atoms with Crippen LogP contribution in [0.15, 0.2) is 69.1 Å². The molecule has 2 rings (SSSR count). The SMILES string of the molecule is CC(C)C/C(=N/NS(=O)(=O)c1ccc(Br)cc1)c1ccccc1. The smallest absolute Gasteiger partial charge is 0.200 e. The summed E-state index contributed by atoms with van der Waals surface area (Å²) < 4.78 is 25.5. The number of hydrogen-bond acceptors (Lipinski definition) is 3. The van der Waals surface area contributed by atoms with Crippen LogP contribution in [0.2, 0.25) is 0 Å². The Hall–Kier alpha value is -1.66. The van der Waals surface area contributed by atoms with Crippen LogP contribution in [0, 0.1) is 5.92 Å². The fourth-order valence-electron chi connectivity index (χ4n) is 2.03. The second kappa shape index (κ2) is 7.75. The molecule has 0 heterocycles. The molecule has 0 saturated carbocycles. The van der Waals surface area contributed by atoms with Crippen LogP contribution in [-0.2, 0) is 10.0 Å². The van der Waals surface area contributed by atoms with Crippen molar-refractivity contribution in [3.63, 3.8) is 0 Å². The van der Waals surface area contributed by atoms with E-state index in [1.807, 2.05) is 30.3 Å². The maximum atomic E-state index is 12.3. The number of sulfonamides is 1. The van der Waals surface area contributed by atoms with E-state index >= 15 is 0 Å². The Morgan fingerprint density at radius 3 is 2.26 bits per heavy atom. The average Bonchev–Trinajstić information content (AvgIpc) is 2.52. The molecular formula is C17H19BrN2O2S. The van der Waals surface area contributed by atoms with Gasteiger partial charge in [-0.1, -0.05) is 60.1 Å². The van der Waals surface area contributed by atoms with Crippen LogP contribution in [0.25, 0.3) is 0 Å². The van der Waals surface area contributed by atoms with Crippen molar-refractivity contribution in [1.82, 2.24) is 4.83 Å². The van der Waals surface area contributed by atoms with E-state index in [1.165, 1.54) is 12.1 Å². The Morgan fingerprint density at radius 1 is 1.09 bits per heavy atom. The lowest BCUT2D eigenvalue weighted by atomic mass is 10.0. The minimum Gasteiger partial charge on any atom is -0.200 e. The van der Waals surface area contributed by atoms with Crippen molar-refractivity contribution in [1.29, 1.82) is 0 Å². The predicted octanol–water partition coefficient (Wildman–Crippen LogP) is 4.18. The summed E-state index contributed by atoms with van der Waals surface area (Å²) in [5, 5.41) is 4.17. The molecule has 4 nitrogen and oxygen atoms in total. The topological polar surface area (TPSA) is 58.5 Å². The number of halogens is 1. The fourth-order valence-corrected chi connectivity index (χ4v) is 3.12. The molecule has 0 saturated heterocycles.